The summed E-state index contributed by atoms with van der Waals surface area (Å²) >= 11 is 0. The first kappa shape index (κ1) is 22.7. The van der Waals surface area contributed by atoms with Gasteiger partial charge < -0.3 is 4.90 Å². The minimum atomic E-state index is -5.02. The fourth-order valence-corrected chi connectivity index (χ4v) is 3.41. The van der Waals surface area contributed by atoms with Crippen LogP contribution in [-0.4, -0.2) is 41.6 Å². The molecule has 0 saturated carbocycles. The SMILES string of the molecule is CC(=O)N1CCC(C2=NNC(=O)[C@@H]2N=Nc2cc(C(F)(F)F)cc(C(F)(F)F)c2)CC1. The molecule has 1 saturated heterocycles. The number of alkyl halides is 6. The number of carbonyl (C=O) groups is 2. The van der Waals surface area contributed by atoms with E-state index in [9.17, 15) is 35.9 Å². The molecule has 2 aliphatic heterocycles. The number of nitrogens with one attached hydrogen (secondary N) is 1. The quantitative estimate of drug-likeness (QED) is 0.560. The van der Waals surface area contributed by atoms with Crippen LogP contribution in [-0.2, 0) is 21.9 Å². The Morgan fingerprint density at radius 3 is 2.10 bits per heavy atom. The van der Waals surface area contributed by atoms with E-state index in [4.69, 9.17) is 0 Å². The molecular weight excluding hydrogens is 432 g/mol. The van der Waals surface area contributed by atoms with Crippen LogP contribution in [0.5, 0.6) is 0 Å². The Morgan fingerprint density at radius 1 is 1.06 bits per heavy atom. The summed E-state index contributed by atoms with van der Waals surface area (Å²) in [5.41, 5.74) is -1.24. The molecule has 0 aromatic heterocycles. The van der Waals surface area contributed by atoms with Gasteiger partial charge in [0, 0.05) is 25.9 Å². The lowest BCUT2D eigenvalue weighted by Crippen LogP contribution is -2.41. The van der Waals surface area contributed by atoms with Crippen LogP contribution in [0.25, 0.3) is 0 Å². The van der Waals surface area contributed by atoms with E-state index in [0.29, 0.717) is 43.8 Å². The summed E-state index contributed by atoms with van der Waals surface area (Å²) in [5, 5.41) is 11.1. The molecule has 1 aromatic carbocycles. The third-order valence-corrected chi connectivity index (χ3v) is 5.04. The summed E-state index contributed by atoms with van der Waals surface area (Å²) in [6.45, 7) is 2.29. The van der Waals surface area contributed by atoms with E-state index in [1.54, 1.807) is 4.90 Å². The van der Waals surface area contributed by atoms with Crippen molar-refractivity contribution in [3.8, 4) is 0 Å². The second-order valence-corrected chi connectivity index (χ2v) is 7.18. The molecule has 0 aliphatic carbocycles. The number of hydrogen-bond donors (Lipinski definition) is 1. The number of halogens is 6. The average molecular weight is 449 g/mol. The molecule has 2 amide bonds. The van der Waals surface area contributed by atoms with E-state index in [1.165, 1.54) is 6.92 Å². The number of hydrogen-bond acceptors (Lipinski definition) is 5. The number of piperidine rings is 1. The summed E-state index contributed by atoms with van der Waals surface area (Å²) in [7, 11) is 0. The number of benzene rings is 1. The van der Waals surface area contributed by atoms with Crippen LogP contribution in [0.4, 0.5) is 32.0 Å². The monoisotopic (exact) mass is 449 g/mol. The van der Waals surface area contributed by atoms with E-state index < -0.39 is 41.1 Å². The van der Waals surface area contributed by atoms with Gasteiger partial charge in [-0.2, -0.15) is 41.7 Å². The zero-order chi connectivity index (χ0) is 23.0. The van der Waals surface area contributed by atoms with Crippen molar-refractivity contribution in [2.24, 2.45) is 21.2 Å². The first-order chi connectivity index (χ1) is 14.4. The first-order valence-corrected chi connectivity index (χ1v) is 9.19. The Kier molecular flexibility index (Phi) is 6.05. The third-order valence-electron chi connectivity index (χ3n) is 5.04. The molecule has 0 radical (unpaired) electrons. The van der Waals surface area contributed by atoms with Gasteiger partial charge in [0.15, 0.2) is 6.04 Å². The number of nitrogens with zero attached hydrogens (tertiary/aromatic N) is 4. The molecule has 1 atom stereocenters. The lowest BCUT2D eigenvalue weighted by atomic mass is 9.88. The molecule has 0 spiro atoms. The van der Waals surface area contributed by atoms with Crippen molar-refractivity contribution in [2.75, 3.05) is 13.1 Å². The maximum atomic E-state index is 13.0. The van der Waals surface area contributed by atoms with Crippen LogP contribution in [0.3, 0.4) is 0 Å². The van der Waals surface area contributed by atoms with Crippen molar-refractivity contribution >= 4 is 23.2 Å². The van der Waals surface area contributed by atoms with E-state index in [1.807, 2.05) is 0 Å². The number of azo groups is 1. The summed E-state index contributed by atoms with van der Waals surface area (Å²) < 4.78 is 77.9. The lowest BCUT2D eigenvalue weighted by Gasteiger charge is -2.31. The predicted molar refractivity (Wildman–Crippen MR) is 95.3 cm³/mol. The van der Waals surface area contributed by atoms with Gasteiger partial charge in [-0.25, -0.2) is 5.43 Å². The maximum Gasteiger partial charge on any atom is 0.416 e. The highest BCUT2D eigenvalue weighted by molar-refractivity contribution is 6.12. The smallest absolute Gasteiger partial charge is 0.343 e. The van der Waals surface area contributed by atoms with E-state index in [2.05, 4.69) is 20.8 Å². The molecule has 13 heteroatoms. The van der Waals surface area contributed by atoms with Gasteiger partial charge in [0.25, 0.3) is 5.91 Å². The van der Waals surface area contributed by atoms with Crippen molar-refractivity contribution in [3.05, 3.63) is 29.3 Å². The molecule has 31 heavy (non-hydrogen) atoms. The molecule has 0 unspecified atom stereocenters. The van der Waals surface area contributed by atoms with E-state index in [0.717, 1.165) is 0 Å². The van der Waals surface area contributed by atoms with Gasteiger partial charge in [0.2, 0.25) is 5.91 Å². The Hall–Kier alpha value is -2.99. The van der Waals surface area contributed by atoms with Crippen molar-refractivity contribution < 1.29 is 35.9 Å². The Morgan fingerprint density at radius 2 is 1.61 bits per heavy atom. The van der Waals surface area contributed by atoms with Crippen LogP contribution in [0.15, 0.2) is 33.5 Å². The number of carbonyl (C=O) groups excluding carboxylic acids is 2. The van der Waals surface area contributed by atoms with Gasteiger partial charge in [0.1, 0.15) is 0 Å². The fraction of sp³-hybridized carbons (Fsp3) is 0.500. The van der Waals surface area contributed by atoms with Crippen LogP contribution >= 0.6 is 0 Å². The summed E-state index contributed by atoms with van der Waals surface area (Å²) in [5.74, 6) is -1.01. The Balaban J connectivity index is 1.84. The van der Waals surface area contributed by atoms with Gasteiger partial charge in [0.05, 0.1) is 22.5 Å². The van der Waals surface area contributed by atoms with Gasteiger partial charge in [-0.05, 0) is 31.0 Å². The molecule has 2 heterocycles. The minimum Gasteiger partial charge on any atom is -0.343 e. The number of hydrazone groups is 1. The summed E-state index contributed by atoms with van der Waals surface area (Å²) in [6.07, 6.45) is -9.07. The molecule has 1 N–H and O–H groups in total. The van der Waals surface area contributed by atoms with Crippen LogP contribution in [0.2, 0.25) is 0 Å². The normalized spacial score (nSPS) is 20.9. The largest absolute Gasteiger partial charge is 0.416 e. The number of likely N-dealkylation sites (tertiary alicyclic amines) is 1. The second kappa shape index (κ2) is 8.27. The second-order valence-electron chi connectivity index (χ2n) is 7.18. The highest BCUT2D eigenvalue weighted by Crippen LogP contribution is 2.38. The van der Waals surface area contributed by atoms with Crippen LogP contribution < -0.4 is 5.43 Å². The minimum absolute atomic E-state index is 0.0169. The molecule has 2 aliphatic rings. The Bertz CT molecular complexity index is 900. The zero-order valence-corrected chi connectivity index (χ0v) is 16.1. The molecular formula is C18H17F6N5O2. The van der Waals surface area contributed by atoms with Gasteiger partial charge in [-0.3, -0.25) is 9.59 Å². The molecule has 1 fully saturated rings. The zero-order valence-electron chi connectivity index (χ0n) is 16.1. The van der Waals surface area contributed by atoms with Crippen molar-refractivity contribution in [1.29, 1.82) is 0 Å². The highest BCUT2D eigenvalue weighted by atomic mass is 19.4. The predicted octanol–water partition coefficient (Wildman–Crippen LogP) is 3.92. The maximum absolute atomic E-state index is 13.0. The van der Waals surface area contributed by atoms with Crippen LogP contribution in [0, 0.1) is 5.92 Å². The van der Waals surface area contributed by atoms with Crippen molar-refractivity contribution in [1.82, 2.24) is 10.3 Å². The molecule has 1 aromatic rings. The van der Waals surface area contributed by atoms with Gasteiger partial charge in [-0.15, -0.1) is 0 Å². The standard InChI is InChI=1S/C18H17F6N5O2/c1-9(30)29-4-2-10(3-5-29)14-15(16(31)28-26-14)27-25-13-7-11(17(19,20)21)6-12(8-13)18(22,23)24/h6-8,10,15H,2-5H2,1H3,(H,28,31)/t15-/m1/s1. The van der Waals surface area contributed by atoms with Crippen LogP contribution in [0.1, 0.15) is 30.9 Å². The average Bonchev–Trinajstić information content (AvgIpc) is 3.05. The van der Waals surface area contributed by atoms with E-state index in [-0.39, 0.29) is 17.9 Å². The highest BCUT2D eigenvalue weighted by Gasteiger charge is 2.38. The molecule has 3 rings (SSSR count). The van der Waals surface area contributed by atoms with E-state index >= 15 is 0 Å². The molecule has 7 nitrogen and oxygen atoms in total. The summed E-state index contributed by atoms with van der Waals surface area (Å²) in [4.78, 5) is 25.1. The topological polar surface area (TPSA) is 86.5 Å². The third kappa shape index (κ3) is 5.20. The number of amides is 2. The molecule has 0 bridgehead atoms. The molecule has 168 valence electrons. The van der Waals surface area contributed by atoms with Gasteiger partial charge >= 0.3 is 12.4 Å². The fourth-order valence-electron chi connectivity index (χ4n) is 3.41. The lowest BCUT2D eigenvalue weighted by molar-refractivity contribution is -0.143. The van der Waals surface area contributed by atoms with Gasteiger partial charge in [-0.1, -0.05) is 0 Å². The Labute approximate surface area is 172 Å². The summed E-state index contributed by atoms with van der Waals surface area (Å²) in [6, 6.07) is -0.434. The number of rotatable bonds is 3. The van der Waals surface area contributed by atoms with Crippen molar-refractivity contribution in [2.45, 2.75) is 38.2 Å². The van der Waals surface area contributed by atoms with Crippen molar-refractivity contribution in [3.63, 3.8) is 0 Å². The first-order valence-electron chi connectivity index (χ1n) is 9.19.